The van der Waals surface area contributed by atoms with Crippen LogP contribution in [0.3, 0.4) is 0 Å². The van der Waals surface area contributed by atoms with Gasteiger partial charge in [0.05, 0.1) is 6.04 Å². The van der Waals surface area contributed by atoms with Crippen LogP contribution >= 0.6 is 0 Å². The third-order valence-electron chi connectivity index (χ3n) is 4.07. The highest BCUT2D eigenvalue weighted by Crippen LogP contribution is 2.18. The lowest BCUT2D eigenvalue weighted by Gasteiger charge is -2.26. The molecule has 2 aromatic rings. The van der Waals surface area contributed by atoms with Crippen molar-refractivity contribution in [3.8, 4) is 0 Å². The molecule has 0 aliphatic rings. The predicted octanol–water partition coefficient (Wildman–Crippen LogP) is 2.55. The smallest absolute Gasteiger partial charge is 0.241 e. The van der Waals surface area contributed by atoms with E-state index in [2.05, 4.69) is 5.32 Å². The molecule has 2 atom stereocenters. The number of amides is 1. The summed E-state index contributed by atoms with van der Waals surface area (Å²) < 4.78 is 13.1. The molecular weight excluding hydrogens is 305 g/mol. The molecule has 0 fully saturated rings. The SMILES string of the molecule is Cc1ccc(C(N)C(=O)NCC(c2ccc(F)cc2)N(C)C)cc1. The fraction of sp³-hybridized carbons (Fsp3) is 0.316. The second-order valence-corrected chi connectivity index (χ2v) is 6.16. The minimum Gasteiger partial charge on any atom is -0.353 e. The highest BCUT2D eigenvalue weighted by molar-refractivity contribution is 5.82. The Hall–Kier alpha value is -2.24. The summed E-state index contributed by atoms with van der Waals surface area (Å²) in [5.41, 5.74) is 8.87. The van der Waals surface area contributed by atoms with E-state index in [0.29, 0.717) is 6.54 Å². The van der Waals surface area contributed by atoms with Gasteiger partial charge < -0.3 is 16.0 Å². The van der Waals surface area contributed by atoms with E-state index in [-0.39, 0.29) is 17.8 Å². The van der Waals surface area contributed by atoms with E-state index in [1.165, 1.54) is 12.1 Å². The first-order valence-corrected chi connectivity index (χ1v) is 7.90. The molecule has 5 heteroatoms. The molecule has 2 unspecified atom stereocenters. The molecular formula is C19H24FN3O. The third kappa shape index (κ3) is 4.63. The van der Waals surface area contributed by atoms with Crippen LogP contribution in [-0.2, 0) is 4.79 Å². The maximum Gasteiger partial charge on any atom is 0.241 e. The van der Waals surface area contributed by atoms with Crippen LogP contribution in [0.25, 0.3) is 0 Å². The fourth-order valence-electron chi connectivity index (χ4n) is 2.52. The van der Waals surface area contributed by atoms with Crippen molar-refractivity contribution in [2.24, 2.45) is 5.73 Å². The first-order valence-electron chi connectivity index (χ1n) is 7.90. The third-order valence-corrected chi connectivity index (χ3v) is 4.07. The van der Waals surface area contributed by atoms with Crippen molar-refractivity contribution in [2.75, 3.05) is 20.6 Å². The molecule has 0 saturated carbocycles. The molecule has 2 rings (SSSR count). The van der Waals surface area contributed by atoms with Crippen LogP contribution in [0.5, 0.6) is 0 Å². The number of nitrogens with zero attached hydrogens (tertiary/aromatic N) is 1. The first-order chi connectivity index (χ1) is 11.4. The van der Waals surface area contributed by atoms with E-state index in [1.54, 1.807) is 12.1 Å². The average molecular weight is 329 g/mol. The zero-order valence-electron chi connectivity index (χ0n) is 14.3. The van der Waals surface area contributed by atoms with E-state index >= 15 is 0 Å². The quantitative estimate of drug-likeness (QED) is 0.856. The lowest BCUT2D eigenvalue weighted by Crippen LogP contribution is -2.39. The molecule has 128 valence electrons. The number of likely N-dealkylation sites (N-methyl/N-ethyl adjacent to an activating group) is 1. The summed E-state index contributed by atoms with van der Waals surface area (Å²) in [6, 6.07) is 13.1. The lowest BCUT2D eigenvalue weighted by molar-refractivity contribution is -0.122. The van der Waals surface area contributed by atoms with Gasteiger partial charge in [0.2, 0.25) is 5.91 Å². The number of hydrogen-bond donors (Lipinski definition) is 2. The summed E-state index contributed by atoms with van der Waals surface area (Å²) in [6.07, 6.45) is 0. The molecule has 0 spiro atoms. The Bertz CT molecular complexity index is 668. The number of carbonyl (C=O) groups excluding carboxylic acids is 1. The summed E-state index contributed by atoms with van der Waals surface area (Å²) in [5, 5.41) is 2.89. The lowest BCUT2D eigenvalue weighted by atomic mass is 10.0. The number of benzene rings is 2. The number of nitrogens with one attached hydrogen (secondary N) is 1. The second kappa shape index (κ2) is 8.04. The second-order valence-electron chi connectivity index (χ2n) is 6.16. The van der Waals surface area contributed by atoms with Gasteiger partial charge in [-0.15, -0.1) is 0 Å². The van der Waals surface area contributed by atoms with Gasteiger partial charge in [-0.25, -0.2) is 4.39 Å². The first kappa shape index (κ1) is 18.1. The molecule has 0 saturated heterocycles. The zero-order valence-corrected chi connectivity index (χ0v) is 14.3. The van der Waals surface area contributed by atoms with Crippen molar-refractivity contribution < 1.29 is 9.18 Å². The molecule has 0 radical (unpaired) electrons. The topological polar surface area (TPSA) is 58.4 Å². The van der Waals surface area contributed by atoms with Crippen LogP contribution in [0, 0.1) is 12.7 Å². The maximum absolute atomic E-state index is 13.1. The molecule has 0 heterocycles. The fourth-order valence-corrected chi connectivity index (χ4v) is 2.52. The standard InChI is InChI=1S/C19H24FN3O/c1-13-4-6-15(7-5-13)18(21)19(24)22-12-17(23(2)3)14-8-10-16(20)11-9-14/h4-11,17-18H,12,21H2,1-3H3,(H,22,24). The molecule has 0 bridgehead atoms. The average Bonchev–Trinajstić information content (AvgIpc) is 2.56. The molecule has 0 aliphatic heterocycles. The summed E-state index contributed by atoms with van der Waals surface area (Å²) in [6.45, 7) is 2.39. The van der Waals surface area contributed by atoms with Gasteiger partial charge in [-0.1, -0.05) is 42.0 Å². The summed E-state index contributed by atoms with van der Waals surface area (Å²) in [7, 11) is 3.83. The van der Waals surface area contributed by atoms with Crippen LogP contribution in [0.4, 0.5) is 4.39 Å². The normalized spacial score (nSPS) is 13.6. The van der Waals surface area contributed by atoms with Crippen molar-refractivity contribution >= 4 is 5.91 Å². The van der Waals surface area contributed by atoms with Gasteiger partial charge in [-0.3, -0.25) is 4.79 Å². The number of hydrogen-bond acceptors (Lipinski definition) is 3. The number of aryl methyl sites for hydroxylation is 1. The van der Waals surface area contributed by atoms with Crippen LogP contribution in [0.1, 0.15) is 28.8 Å². The van der Waals surface area contributed by atoms with Gasteiger partial charge in [-0.05, 0) is 44.3 Å². The Morgan fingerprint density at radius 2 is 1.62 bits per heavy atom. The van der Waals surface area contributed by atoms with Gasteiger partial charge in [0, 0.05) is 6.54 Å². The molecule has 2 aromatic carbocycles. The van der Waals surface area contributed by atoms with Crippen molar-refractivity contribution in [2.45, 2.75) is 19.0 Å². The number of rotatable bonds is 6. The van der Waals surface area contributed by atoms with Crippen molar-refractivity contribution in [3.05, 3.63) is 71.0 Å². The van der Waals surface area contributed by atoms with Crippen LogP contribution in [0.15, 0.2) is 48.5 Å². The van der Waals surface area contributed by atoms with Crippen LogP contribution in [0.2, 0.25) is 0 Å². The van der Waals surface area contributed by atoms with E-state index in [9.17, 15) is 9.18 Å². The van der Waals surface area contributed by atoms with Crippen molar-refractivity contribution in [1.29, 1.82) is 0 Å². The molecule has 1 amide bonds. The Morgan fingerprint density at radius 1 is 1.08 bits per heavy atom. The largest absolute Gasteiger partial charge is 0.353 e. The van der Waals surface area contributed by atoms with E-state index < -0.39 is 6.04 Å². The van der Waals surface area contributed by atoms with Gasteiger partial charge in [0.15, 0.2) is 0 Å². The Balaban J connectivity index is 2.02. The van der Waals surface area contributed by atoms with Crippen molar-refractivity contribution in [3.63, 3.8) is 0 Å². The van der Waals surface area contributed by atoms with E-state index in [4.69, 9.17) is 5.73 Å². The molecule has 0 aliphatic carbocycles. The predicted molar refractivity (Wildman–Crippen MR) is 93.9 cm³/mol. The zero-order chi connectivity index (χ0) is 17.7. The Morgan fingerprint density at radius 3 is 2.17 bits per heavy atom. The molecule has 4 nitrogen and oxygen atoms in total. The van der Waals surface area contributed by atoms with E-state index in [1.807, 2.05) is 50.2 Å². The number of carbonyl (C=O) groups is 1. The summed E-state index contributed by atoms with van der Waals surface area (Å²) in [5.74, 6) is -0.505. The Kier molecular flexibility index (Phi) is 6.06. The monoisotopic (exact) mass is 329 g/mol. The maximum atomic E-state index is 13.1. The van der Waals surface area contributed by atoms with E-state index in [0.717, 1.165) is 16.7 Å². The molecule has 3 N–H and O–H groups in total. The van der Waals surface area contributed by atoms with Crippen molar-refractivity contribution in [1.82, 2.24) is 10.2 Å². The van der Waals surface area contributed by atoms with Gasteiger partial charge in [0.25, 0.3) is 0 Å². The summed E-state index contributed by atoms with van der Waals surface area (Å²) in [4.78, 5) is 14.3. The summed E-state index contributed by atoms with van der Waals surface area (Å²) >= 11 is 0. The van der Waals surface area contributed by atoms with Gasteiger partial charge >= 0.3 is 0 Å². The van der Waals surface area contributed by atoms with Crippen LogP contribution in [-0.4, -0.2) is 31.4 Å². The minimum atomic E-state index is -0.707. The van der Waals surface area contributed by atoms with Gasteiger partial charge in [-0.2, -0.15) is 0 Å². The van der Waals surface area contributed by atoms with Crippen LogP contribution < -0.4 is 11.1 Å². The Labute approximate surface area is 142 Å². The molecule has 0 aromatic heterocycles. The minimum absolute atomic E-state index is 0.0558. The highest BCUT2D eigenvalue weighted by Gasteiger charge is 2.19. The number of nitrogens with two attached hydrogens (primary N) is 1. The highest BCUT2D eigenvalue weighted by atomic mass is 19.1. The molecule has 24 heavy (non-hydrogen) atoms. The van der Waals surface area contributed by atoms with Gasteiger partial charge in [0.1, 0.15) is 11.9 Å². The number of halogens is 1.